The predicted molar refractivity (Wildman–Crippen MR) is 77.4 cm³/mol. The van der Waals surface area contributed by atoms with E-state index >= 15 is 0 Å². The highest BCUT2D eigenvalue weighted by molar-refractivity contribution is 5.61. The zero-order valence-corrected chi connectivity index (χ0v) is 11.5. The van der Waals surface area contributed by atoms with E-state index in [1.165, 1.54) is 5.56 Å². The second-order valence-corrected chi connectivity index (χ2v) is 4.73. The van der Waals surface area contributed by atoms with Crippen LogP contribution in [0.25, 0.3) is 0 Å². The molecular formula is C16H19NO2. The molecule has 2 rings (SSSR count). The number of ether oxygens (including phenoxy) is 1. The van der Waals surface area contributed by atoms with Gasteiger partial charge in [-0.15, -0.1) is 0 Å². The SMILES string of the molecule is COc1cccc(C(O)c2ccc(C)cc2C)c1N. The number of benzene rings is 2. The number of aliphatic hydroxyl groups is 1. The lowest BCUT2D eigenvalue weighted by molar-refractivity contribution is 0.220. The molecule has 1 atom stereocenters. The van der Waals surface area contributed by atoms with E-state index in [0.717, 1.165) is 11.1 Å². The zero-order valence-electron chi connectivity index (χ0n) is 11.5. The number of methoxy groups -OCH3 is 1. The summed E-state index contributed by atoms with van der Waals surface area (Å²) in [5.74, 6) is 0.585. The molecule has 0 aliphatic carbocycles. The summed E-state index contributed by atoms with van der Waals surface area (Å²) < 4.78 is 5.18. The lowest BCUT2D eigenvalue weighted by atomic mass is 9.95. The monoisotopic (exact) mass is 257 g/mol. The third kappa shape index (κ3) is 2.56. The van der Waals surface area contributed by atoms with Crippen molar-refractivity contribution in [1.29, 1.82) is 0 Å². The van der Waals surface area contributed by atoms with Gasteiger partial charge in [-0.1, -0.05) is 35.9 Å². The summed E-state index contributed by atoms with van der Waals surface area (Å²) in [7, 11) is 1.57. The van der Waals surface area contributed by atoms with Crippen LogP contribution in [0.2, 0.25) is 0 Å². The first-order valence-corrected chi connectivity index (χ1v) is 6.22. The standard InChI is InChI=1S/C16H19NO2/c1-10-7-8-12(11(2)9-10)16(18)13-5-4-6-14(19-3)15(13)17/h4-9,16,18H,17H2,1-3H3. The number of aliphatic hydroxyl groups excluding tert-OH is 1. The van der Waals surface area contributed by atoms with Gasteiger partial charge < -0.3 is 15.6 Å². The maximum absolute atomic E-state index is 10.5. The number of hydrogen-bond acceptors (Lipinski definition) is 3. The van der Waals surface area contributed by atoms with Crippen molar-refractivity contribution in [2.24, 2.45) is 0 Å². The lowest BCUT2D eigenvalue weighted by Gasteiger charge is -2.18. The molecule has 19 heavy (non-hydrogen) atoms. The third-order valence-electron chi connectivity index (χ3n) is 3.33. The van der Waals surface area contributed by atoms with Crippen molar-refractivity contribution in [3.05, 3.63) is 58.7 Å². The van der Waals surface area contributed by atoms with Crippen molar-refractivity contribution in [3.8, 4) is 5.75 Å². The molecule has 2 aromatic rings. The molecule has 0 bridgehead atoms. The molecule has 0 fully saturated rings. The fourth-order valence-electron chi connectivity index (χ4n) is 2.28. The fraction of sp³-hybridized carbons (Fsp3) is 0.250. The van der Waals surface area contributed by atoms with Crippen LogP contribution < -0.4 is 10.5 Å². The van der Waals surface area contributed by atoms with Crippen LogP contribution in [-0.4, -0.2) is 12.2 Å². The van der Waals surface area contributed by atoms with Crippen LogP contribution in [0.3, 0.4) is 0 Å². The molecular weight excluding hydrogens is 238 g/mol. The van der Waals surface area contributed by atoms with Crippen LogP contribution in [0.15, 0.2) is 36.4 Å². The number of rotatable bonds is 3. The average molecular weight is 257 g/mol. The number of hydrogen-bond donors (Lipinski definition) is 2. The van der Waals surface area contributed by atoms with Gasteiger partial charge in [0.1, 0.15) is 11.9 Å². The summed E-state index contributed by atoms with van der Waals surface area (Å²) in [6.07, 6.45) is -0.740. The minimum absolute atomic E-state index is 0.484. The van der Waals surface area contributed by atoms with Crippen LogP contribution in [0.1, 0.15) is 28.4 Å². The molecule has 0 spiro atoms. The smallest absolute Gasteiger partial charge is 0.142 e. The molecule has 0 amide bonds. The maximum Gasteiger partial charge on any atom is 0.142 e. The summed E-state index contributed by atoms with van der Waals surface area (Å²) in [6.45, 7) is 4.02. The molecule has 2 aromatic carbocycles. The van der Waals surface area contributed by atoms with Gasteiger partial charge in [-0.05, 0) is 31.0 Å². The van der Waals surface area contributed by atoms with Crippen LogP contribution in [0, 0.1) is 13.8 Å². The van der Waals surface area contributed by atoms with E-state index in [9.17, 15) is 5.11 Å². The van der Waals surface area contributed by atoms with Crippen molar-refractivity contribution in [3.63, 3.8) is 0 Å². The van der Waals surface area contributed by atoms with Gasteiger partial charge in [0.2, 0.25) is 0 Å². The highest BCUT2D eigenvalue weighted by atomic mass is 16.5. The summed E-state index contributed by atoms with van der Waals surface area (Å²) >= 11 is 0. The van der Waals surface area contributed by atoms with Gasteiger partial charge in [0.05, 0.1) is 12.8 Å². The Kier molecular flexibility index (Phi) is 3.76. The van der Waals surface area contributed by atoms with Crippen molar-refractivity contribution < 1.29 is 9.84 Å². The quantitative estimate of drug-likeness (QED) is 0.831. The molecule has 1 unspecified atom stereocenters. The highest BCUT2D eigenvalue weighted by Gasteiger charge is 2.17. The van der Waals surface area contributed by atoms with Crippen LogP contribution >= 0.6 is 0 Å². The van der Waals surface area contributed by atoms with E-state index in [1.54, 1.807) is 13.2 Å². The topological polar surface area (TPSA) is 55.5 Å². The van der Waals surface area contributed by atoms with E-state index in [4.69, 9.17) is 10.5 Å². The van der Waals surface area contributed by atoms with Gasteiger partial charge in [0.15, 0.2) is 0 Å². The summed E-state index contributed by atoms with van der Waals surface area (Å²) in [4.78, 5) is 0. The Bertz CT molecular complexity index is 593. The predicted octanol–water partition coefficient (Wildman–Crippen LogP) is 2.98. The molecule has 0 aromatic heterocycles. The minimum Gasteiger partial charge on any atom is -0.495 e. The maximum atomic E-state index is 10.5. The summed E-state index contributed by atoms with van der Waals surface area (Å²) in [6, 6.07) is 11.4. The molecule has 3 nitrogen and oxygen atoms in total. The van der Waals surface area contributed by atoms with Crippen molar-refractivity contribution in [2.75, 3.05) is 12.8 Å². The molecule has 3 heteroatoms. The van der Waals surface area contributed by atoms with Gasteiger partial charge in [-0.2, -0.15) is 0 Å². The molecule has 3 N–H and O–H groups in total. The van der Waals surface area contributed by atoms with E-state index < -0.39 is 6.10 Å². The van der Waals surface area contributed by atoms with E-state index in [1.807, 2.05) is 38.1 Å². The Morgan fingerprint density at radius 3 is 2.47 bits per heavy atom. The fourth-order valence-corrected chi connectivity index (χ4v) is 2.28. The Hall–Kier alpha value is -2.00. The first kappa shape index (κ1) is 13.4. The van der Waals surface area contributed by atoms with Crippen LogP contribution in [0.4, 0.5) is 5.69 Å². The number of nitrogens with two attached hydrogens (primary N) is 1. The number of para-hydroxylation sites is 1. The number of anilines is 1. The van der Waals surface area contributed by atoms with Crippen molar-refractivity contribution >= 4 is 5.69 Å². The van der Waals surface area contributed by atoms with Gasteiger partial charge in [0, 0.05) is 5.56 Å². The third-order valence-corrected chi connectivity index (χ3v) is 3.33. The first-order chi connectivity index (χ1) is 9.04. The van der Waals surface area contributed by atoms with Gasteiger partial charge in [-0.3, -0.25) is 0 Å². The number of aryl methyl sites for hydroxylation is 2. The normalized spacial score (nSPS) is 12.2. The van der Waals surface area contributed by atoms with E-state index in [2.05, 4.69) is 6.07 Å². The largest absolute Gasteiger partial charge is 0.495 e. The Balaban J connectivity index is 2.47. The van der Waals surface area contributed by atoms with Gasteiger partial charge in [-0.25, -0.2) is 0 Å². The van der Waals surface area contributed by atoms with E-state index in [0.29, 0.717) is 17.0 Å². The Morgan fingerprint density at radius 1 is 1.11 bits per heavy atom. The van der Waals surface area contributed by atoms with Gasteiger partial charge >= 0.3 is 0 Å². The molecule has 0 saturated carbocycles. The number of nitrogen functional groups attached to an aromatic ring is 1. The molecule has 0 aliphatic heterocycles. The van der Waals surface area contributed by atoms with E-state index in [-0.39, 0.29) is 0 Å². The zero-order chi connectivity index (χ0) is 14.0. The minimum atomic E-state index is -0.740. The molecule has 0 aliphatic rings. The van der Waals surface area contributed by atoms with Crippen molar-refractivity contribution in [2.45, 2.75) is 20.0 Å². The van der Waals surface area contributed by atoms with Crippen molar-refractivity contribution in [1.82, 2.24) is 0 Å². The lowest BCUT2D eigenvalue weighted by Crippen LogP contribution is -2.06. The Labute approximate surface area is 113 Å². The van der Waals surface area contributed by atoms with Crippen LogP contribution in [-0.2, 0) is 0 Å². The molecule has 0 heterocycles. The second-order valence-electron chi connectivity index (χ2n) is 4.73. The van der Waals surface area contributed by atoms with Gasteiger partial charge in [0.25, 0.3) is 0 Å². The second kappa shape index (κ2) is 5.33. The average Bonchev–Trinajstić information content (AvgIpc) is 2.38. The first-order valence-electron chi connectivity index (χ1n) is 6.22. The Morgan fingerprint density at radius 2 is 1.84 bits per heavy atom. The van der Waals surface area contributed by atoms with Crippen LogP contribution in [0.5, 0.6) is 5.75 Å². The molecule has 100 valence electrons. The summed E-state index contributed by atoms with van der Waals surface area (Å²) in [5.41, 5.74) is 10.3. The highest BCUT2D eigenvalue weighted by Crippen LogP contribution is 2.33. The molecule has 0 radical (unpaired) electrons. The molecule has 0 saturated heterocycles. The summed E-state index contributed by atoms with van der Waals surface area (Å²) in [5, 5.41) is 10.5.